The third kappa shape index (κ3) is 7.04. The van der Waals surface area contributed by atoms with Crippen molar-refractivity contribution in [2.75, 3.05) is 0 Å². The van der Waals surface area contributed by atoms with Crippen LogP contribution in [0.3, 0.4) is 0 Å². The van der Waals surface area contributed by atoms with Gasteiger partial charge in [0.25, 0.3) is 16.7 Å². The molecule has 0 aliphatic heterocycles. The number of benzene rings is 7. The van der Waals surface area contributed by atoms with Gasteiger partial charge in [-0.15, -0.1) is 0 Å². The fraction of sp³-hybridized carbons (Fsp3) is 0.294. The van der Waals surface area contributed by atoms with Gasteiger partial charge in [-0.2, -0.15) is 15.0 Å². The van der Waals surface area contributed by atoms with E-state index in [1.807, 2.05) is 0 Å². The summed E-state index contributed by atoms with van der Waals surface area (Å²) in [7, 11) is 0. The Bertz CT molecular complexity index is 5230. The summed E-state index contributed by atoms with van der Waals surface area (Å²) in [5.41, 5.74) is 20.5. The molecule has 13 aromatic rings. The summed E-state index contributed by atoms with van der Waals surface area (Å²) in [4.78, 5) is 57.1. The van der Waals surface area contributed by atoms with E-state index >= 15 is 0 Å². The molecule has 3 fully saturated rings. The minimum Gasteiger partial charge on any atom is -0.304 e. The van der Waals surface area contributed by atoms with Crippen molar-refractivity contribution in [3.63, 3.8) is 0 Å². The van der Waals surface area contributed by atoms with E-state index in [1.165, 1.54) is 0 Å². The number of hydrogen-bond acceptors (Lipinski definition) is 6. The lowest BCUT2D eigenvalue weighted by Gasteiger charge is -2.35. The van der Waals surface area contributed by atoms with E-state index in [0.29, 0.717) is 0 Å². The molecule has 6 aliphatic carbocycles. The summed E-state index contributed by atoms with van der Waals surface area (Å²) in [5, 5.41) is 5.96. The minimum absolute atomic E-state index is 0. The zero-order chi connectivity index (χ0) is 63.4. The van der Waals surface area contributed by atoms with E-state index < -0.39 is 0 Å². The molecule has 6 atom stereocenters. The maximum absolute atomic E-state index is 14.2. The monoisotopic (exact) mass is 1230 g/mol. The molecule has 6 bridgehead atoms. The Hall–Kier alpha value is -9.60. The maximum Gasteiger partial charge on any atom is 0.277 e. The molecule has 0 N–H and O–H groups in total. The van der Waals surface area contributed by atoms with E-state index in [9.17, 15) is 14.4 Å². The molecule has 94 heavy (non-hydrogen) atoms. The number of hydrogen-bond donors (Lipinski definition) is 0. The topological polar surface area (TPSA) is 103 Å². The van der Waals surface area contributed by atoms with Crippen LogP contribution in [0.15, 0.2) is 197 Å². The summed E-state index contributed by atoms with van der Waals surface area (Å²) in [5.74, 6) is 0.637. The number of pyridine rings is 3. The van der Waals surface area contributed by atoms with Gasteiger partial charge in [0.2, 0.25) is 0 Å². The summed E-state index contributed by atoms with van der Waals surface area (Å²) < 4.78 is 6.70. The van der Waals surface area contributed by atoms with Crippen LogP contribution >= 0.6 is 0 Å². The highest BCUT2D eigenvalue weighted by Crippen LogP contribution is 2.69. The second-order valence-corrected chi connectivity index (χ2v) is 30.8. The van der Waals surface area contributed by atoms with E-state index in [0.717, 1.165) is 188 Å². The molecule has 9 nitrogen and oxygen atoms in total. The van der Waals surface area contributed by atoms with Crippen LogP contribution in [0, 0.1) is 16.2 Å². The molecule has 0 amide bonds. The Morgan fingerprint density at radius 3 is 0.851 bits per heavy atom. The first-order valence-electron chi connectivity index (χ1n) is 33.6. The summed E-state index contributed by atoms with van der Waals surface area (Å²) in [6, 6.07) is 59.8. The van der Waals surface area contributed by atoms with Gasteiger partial charge in [-0.1, -0.05) is 179 Å². The van der Waals surface area contributed by atoms with Crippen molar-refractivity contribution in [2.45, 2.75) is 142 Å². The van der Waals surface area contributed by atoms with Crippen LogP contribution in [0.5, 0.6) is 0 Å². The van der Waals surface area contributed by atoms with E-state index in [2.05, 4.69) is 258 Å². The molecule has 6 aliphatic rings. The van der Waals surface area contributed by atoms with Crippen LogP contribution in [-0.2, 0) is 16.2 Å². The van der Waals surface area contributed by atoms with Gasteiger partial charge in [0.15, 0.2) is 0 Å². The molecule has 6 aromatic heterocycles. The van der Waals surface area contributed by atoms with E-state index in [-0.39, 0.29) is 74.3 Å². The predicted octanol–water partition coefficient (Wildman–Crippen LogP) is 19.3. The van der Waals surface area contributed by atoms with Gasteiger partial charge >= 0.3 is 0 Å². The van der Waals surface area contributed by atoms with Crippen molar-refractivity contribution in [1.82, 2.24) is 28.2 Å². The summed E-state index contributed by atoms with van der Waals surface area (Å²) >= 11 is 0. The van der Waals surface area contributed by atoms with Gasteiger partial charge in [0, 0.05) is 84.8 Å². The zero-order valence-corrected chi connectivity index (χ0v) is 54.2. The van der Waals surface area contributed by atoms with Crippen LogP contribution in [0.4, 0.5) is 0 Å². The lowest BCUT2D eigenvalue weighted by atomic mass is 9.70. The van der Waals surface area contributed by atoms with E-state index in [1.54, 1.807) is 0 Å². The fourth-order valence-electron chi connectivity index (χ4n) is 20.3. The molecule has 3 saturated carbocycles. The Kier molecular flexibility index (Phi) is 11.4. The molecule has 0 radical (unpaired) electrons. The second-order valence-electron chi connectivity index (χ2n) is 30.8. The van der Waals surface area contributed by atoms with Crippen molar-refractivity contribution < 1.29 is 0 Å². The van der Waals surface area contributed by atoms with Gasteiger partial charge in [0.05, 0.1) is 0 Å². The highest BCUT2D eigenvalue weighted by atomic mass is 16.1. The van der Waals surface area contributed by atoms with Crippen LogP contribution in [-0.4, -0.2) is 28.2 Å². The number of rotatable bonds is 6. The average molecular weight is 1230 g/mol. The Labute approximate surface area is 546 Å². The lowest BCUT2D eigenvalue weighted by Crippen LogP contribution is -2.33. The Balaban J connectivity index is 0.00000648. The minimum atomic E-state index is -0.122. The standard InChI is InChI=1S/C84H72N6O3.CH4/c1-79(2)64-28-34-82(79,7)70-67(64)76(91)85-73-61-25-22-46(40-49(61)31-37-88(70)73)55-16-10-13-19-58(55)52-43-53(59-20-14-11-17-56(59)47-23-26-62-50(41-47)32-38-89-71-68(77(92)86-74(62)89)65-29-35-83(71,8)80(65,3)4)45-54(44-52)60-21-15-12-18-57(60)48-24-27-63-51(42-48)33-39-90-72-69(78(93)87-75(63)90)66-30-36-84(72,9)81(66,5)6;/h10-27,31-33,37-45,64-66H,28-30,34-36H2,1-9H3;1H4. The predicted molar refractivity (Wildman–Crippen MR) is 383 cm³/mol. The van der Waals surface area contributed by atoms with Crippen molar-refractivity contribution >= 4 is 49.3 Å². The second kappa shape index (κ2) is 18.8. The van der Waals surface area contributed by atoms with E-state index in [4.69, 9.17) is 15.0 Å². The van der Waals surface area contributed by atoms with Crippen LogP contribution in [0.25, 0.3) is 116 Å². The summed E-state index contributed by atoms with van der Waals surface area (Å²) in [6.07, 6.45) is 12.7. The normalized spacial score (nSPS) is 23.6. The quantitative estimate of drug-likeness (QED) is 0.154. The molecule has 6 heterocycles. The van der Waals surface area contributed by atoms with Gasteiger partial charge in [-0.3, -0.25) is 14.4 Å². The van der Waals surface area contributed by atoms with Crippen molar-refractivity contribution in [3.05, 3.63) is 247 Å². The lowest BCUT2D eigenvalue weighted by molar-refractivity contribution is 0.226. The van der Waals surface area contributed by atoms with Gasteiger partial charge in [0.1, 0.15) is 16.9 Å². The number of fused-ring (bicyclic) bond motifs is 27. The Morgan fingerprint density at radius 1 is 0.330 bits per heavy atom. The highest BCUT2D eigenvalue weighted by Gasteiger charge is 2.64. The average Bonchev–Trinajstić information content (AvgIpc) is 1.53. The molecule has 7 aromatic carbocycles. The smallest absolute Gasteiger partial charge is 0.277 e. The maximum atomic E-state index is 14.2. The zero-order valence-electron chi connectivity index (χ0n) is 54.2. The summed E-state index contributed by atoms with van der Waals surface area (Å²) in [6.45, 7) is 21.1. The number of nitrogens with zero attached hydrogens (tertiary/aromatic N) is 6. The fourth-order valence-corrected chi connectivity index (χ4v) is 20.3. The van der Waals surface area contributed by atoms with Crippen LogP contribution in [0.1, 0.15) is 160 Å². The van der Waals surface area contributed by atoms with Crippen LogP contribution in [0.2, 0.25) is 0 Å². The van der Waals surface area contributed by atoms with Gasteiger partial charge in [-0.05, 0) is 210 Å². The highest BCUT2D eigenvalue weighted by molar-refractivity contribution is 6.02. The third-order valence-electron chi connectivity index (χ3n) is 26.4. The molecule has 464 valence electrons. The Morgan fingerprint density at radius 2 is 0.585 bits per heavy atom. The first-order chi connectivity index (χ1) is 44.7. The SMILES string of the molecule is C.CC12CCC(c3c1n1ccc4cc(-c5ccccc5-c5cc(-c6ccccc6-c6ccc7c(ccn8c9c(c(=O)nc78)C7CCC9(C)C7(C)C)c6)cc(-c6ccccc6-c6ccc7c(ccn8c9c(c(=O)nc78)C7CCC9(C)C7(C)C)c6)c5)ccc4c1nc3=O)C2(C)C. The first kappa shape index (κ1) is 57.1. The van der Waals surface area contributed by atoms with Crippen molar-refractivity contribution in [1.29, 1.82) is 0 Å². The molecular formula is C85H76N6O3. The molecular weight excluding hydrogens is 1150 g/mol. The van der Waals surface area contributed by atoms with Crippen molar-refractivity contribution in [2.24, 2.45) is 16.2 Å². The molecule has 6 unspecified atom stereocenters. The third-order valence-corrected chi connectivity index (χ3v) is 26.4. The first-order valence-corrected chi connectivity index (χ1v) is 33.6. The van der Waals surface area contributed by atoms with Gasteiger partial charge < -0.3 is 13.2 Å². The largest absolute Gasteiger partial charge is 0.304 e. The van der Waals surface area contributed by atoms with Crippen LogP contribution < -0.4 is 16.7 Å². The molecule has 9 heteroatoms. The van der Waals surface area contributed by atoms with Crippen molar-refractivity contribution in [3.8, 4) is 66.8 Å². The molecule has 0 spiro atoms. The molecule has 0 saturated heterocycles. The molecule has 19 rings (SSSR count). The number of aromatic nitrogens is 6. The van der Waals surface area contributed by atoms with Gasteiger partial charge in [-0.25, -0.2) is 0 Å².